The van der Waals surface area contributed by atoms with Crippen LogP contribution in [0.2, 0.25) is 0 Å². The Bertz CT molecular complexity index is 701. The van der Waals surface area contributed by atoms with Crippen LogP contribution in [0.3, 0.4) is 0 Å². The Morgan fingerprint density at radius 1 is 1.08 bits per heavy atom. The van der Waals surface area contributed by atoms with Crippen LogP contribution in [-0.4, -0.2) is 71.0 Å². The van der Waals surface area contributed by atoms with Crippen molar-refractivity contribution in [2.75, 3.05) is 45.3 Å². The van der Waals surface area contributed by atoms with Gasteiger partial charge in [0.05, 0.1) is 20.3 Å². The van der Waals surface area contributed by atoms with Crippen LogP contribution in [0.15, 0.2) is 18.3 Å². The Kier molecular flexibility index (Phi) is 4.50. The molecule has 2 aromatic heterocycles. The number of ether oxygens (including phenoxy) is 2. The van der Waals surface area contributed by atoms with E-state index in [-0.39, 0.29) is 5.91 Å². The maximum atomic E-state index is 12.5. The highest BCUT2D eigenvalue weighted by atomic mass is 16.5. The molecule has 1 aliphatic rings. The van der Waals surface area contributed by atoms with E-state index in [4.69, 9.17) is 9.47 Å². The fourth-order valence-corrected chi connectivity index (χ4v) is 2.60. The van der Waals surface area contributed by atoms with E-state index in [2.05, 4.69) is 15.1 Å². The van der Waals surface area contributed by atoms with Gasteiger partial charge in [0, 0.05) is 39.4 Å². The average molecular weight is 332 g/mol. The zero-order chi connectivity index (χ0) is 17.1. The Morgan fingerprint density at radius 2 is 1.71 bits per heavy atom. The highest BCUT2D eigenvalue weighted by Crippen LogP contribution is 2.21. The molecular weight excluding hydrogens is 312 g/mol. The summed E-state index contributed by atoms with van der Waals surface area (Å²) in [5, 5.41) is 4.04. The molecule has 1 amide bonds. The smallest absolute Gasteiger partial charge is 0.272 e. The molecule has 2 aromatic rings. The molecule has 0 atom stereocenters. The molecule has 0 bridgehead atoms. The summed E-state index contributed by atoms with van der Waals surface area (Å²) in [5.41, 5.74) is 0.586. The van der Waals surface area contributed by atoms with E-state index in [1.165, 1.54) is 0 Å². The number of hydrogen-bond donors (Lipinski definition) is 0. The lowest BCUT2D eigenvalue weighted by molar-refractivity contribution is 0.0735. The second kappa shape index (κ2) is 6.73. The zero-order valence-corrected chi connectivity index (χ0v) is 14.0. The number of amides is 1. The lowest BCUT2D eigenvalue weighted by Crippen LogP contribution is -2.49. The Balaban J connectivity index is 1.69. The number of piperazine rings is 1. The number of methoxy groups -OCH3 is 2. The minimum atomic E-state index is -0.0150. The van der Waals surface area contributed by atoms with E-state index in [0.29, 0.717) is 49.6 Å². The predicted octanol–water partition coefficient (Wildman–Crippen LogP) is 0.190. The summed E-state index contributed by atoms with van der Waals surface area (Å²) in [5.74, 6) is 1.42. The Labute approximate surface area is 139 Å². The summed E-state index contributed by atoms with van der Waals surface area (Å²) in [6.07, 6.45) is 1.62. The van der Waals surface area contributed by atoms with E-state index < -0.39 is 0 Å². The predicted molar refractivity (Wildman–Crippen MR) is 86.5 cm³/mol. The third kappa shape index (κ3) is 3.10. The second-order valence-electron chi connectivity index (χ2n) is 5.37. The lowest BCUT2D eigenvalue weighted by atomic mass is 10.3. The Morgan fingerprint density at radius 3 is 2.21 bits per heavy atom. The minimum Gasteiger partial charge on any atom is -0.481 e. The number of aromatic nitrogens is 4. The number of carbonyl (C=O) groups excluding carboxylic acids is 1. The number of nitrogens with zero attached hydrogens (tertiary/aromatic N) is 6. The SMILES string of the molecule is COc1cc(OC)nc(N2CCN(C(=O)c3ccnn3C)CC2)n1. The second-order valence-corrected chi connectivity index (χ2v) is 5.37. The summed E-state index contributed by atoms with van der Waals surface area (Å²) >= 11 is 0. The van der Waals surface area contributed by atoms with Crippen LogP contribution in [0, 0.1) is 0 Å². The third-order valence-corrected chi connectivity index (χ3v) is 3.98. The van der Waals surface area contributed by atoms with E-state index in [9.17, 15) is 4.79 Å². The van der Waals surface area contributed by atoms with E-state index in [1.54, 1.807) is 44.3 Å². The van der Waals surface area contributed by atoms with Gasteiger partial charge in [0.1, 0.15) is 5.69 Å². The molecule has 0 radical (unpaired) electrons. The molecule has 0 N–H and O–H groups in total. The molecule has 3 rings (SSSR count). The molecule has 3 heterocycles. The molecule has 0 aromatic carbocycles. The lowest BCUT2D eigenvalue weighted by Gasteiger charge is -2.34. The van der Waals surface area contributed by atoms with Gasteiger partial charge in [0.25, 0.3) is 5.91 Å². The van der Waals surface area contributed by atoms with Crippen LogP contribution in [0.1, 0.15) is 10.5 Å². The third-order valence-electron chi connectivity index (χ3n) is 3.98. The van der Waals surface area contributed by atoms with Gasteiger partial charge in [-0.05, 0) is 6.07 Å². The topological polar surface area (TPSA) is 85.6 Å². The van der Waals surface area contributed by atoms with Crippen molar-refractivity contribution in [3.8, 4) is 11.8 Å². The van der Waals surface area contributed by atoms with Crippen molar-refractivity contribution in [2.24, 2.45) is 7.05 Å². The largest absolute Gasteiger partial charge is 0.481 e. The van der Waals surface area contributed by atoms with Gasteiger partial charge < -0.3 is 19.3 Å². The molecule has 9 heteroatoms. The minimum absolute atomic E-state index is 0.0150. The molecule has 0 unspecified atom stereocenters. The van der Waals surface area contributed by atoms with Crippen molar-refractivity contribution in [1.82, 2.24) is 24.6 Å². The van der Waals surface area contributed by atoms with Gasteiger partial charge in [-0.1, -0.05) is 0 Å². The van der Waals surface area contributed by atoms with Crippen LogP contribution >= 0.6 is 0 Å². The van der Waals surface area contributed by atoms with E-state index in [0.717, 1.165) is 0 Å². The number of aryl methyl sites for hydroxylation is 1. The summed E-state index contributed by atoms with van der Waals surface area (Å²) < 4.78 is 11.9. The van der Waals surface area contributed by atoms with Crippen LogP contribution in [0.5, 0.6) is 11.8 Å². The van der Waals surface area contributed by atoms with Crippen molar-refractivity contribution in [2.45, 2.75) is 0 Å². The van der Waals surface area contributed by atoms with Crippen molar-refractivity contribution < 1.29 is 14.3 Å². The van der Waals surface area contributed by atoms with Crippen molar-refractivity contribution in [1.29, 1.82) is 0 Å². The molecular formula is C15H20N6O3. The number of anilines is 1. The van der Waals surface area contributed by atoms with Crippen LogP contribution in [0.25, 0.3) is 0 Å². The van der Waals surface area contributed by atoms with Gasteiger partial charge >= 0.3 is 0 Å². The van der Waals surface area contributed by atoms with Crippen LogP contribution in [0.4, 0.5) is 5.95 Å². The Hall–Kier alpha value is -2.84. The molecule has 128 valence electrons. The summed E-state index contributed by atoms with van der Waals surface area (Å²) in [7, 11) is 4.87. The van der Waals surface area contributed by atoms with E-state index >= 15 is 0 Å². The van der Waals surface area contributed by atoms with Crippen LogP contribution < -0.4 is 14.4 Å². The first-order valence-electron chi connectivity index (χ1n) is 7.61. The van der Waals surface area contributed by atoms with Gasteiger partial charge in [-0.2, -0.15) is 15.1 Å². The van der Waals surface area contributed by atoms with Gasteiger partial charge in [0.2, 0.25) is 17.7 Å². The molecule has 0 aliphatic carbocycles. The zero-order valence-electron chi connectivity index (χ0n) is 14.0. The van der Waals surface area contributed by atoms with Gasteiger partial charge in [-0.15, -0.1) is 0 Å². The molecule has 0 spiro atoms. The van der Waals surface area contributed by atoms with E-state index in [1.807, 2.05) is 9.80 Å². The molecule has 24 heavy (non-hydrogen) atoms. The van der Waals surface area contributed by atoms with Gasteiger partial charge in [-0.3, -0.25) is 9.48 Å². The van der Waals surface area contributed by atoms with Gasteiger partial charge in [-0.25, -0.2) is 0 Å². The highest BCUT2D eigenvalue weighted by Gasteiger charge is 2.25. The van der Waals surface area contributed by atoms with Gasteiger partial charge in [0.15, 0.2) is 0 Å². The normalized spacial score (nSPS) is 14.6. The highest BCUT2D eigenvalue weighted by molar-refractivity contribution is 5.92. The monoisotopic (exact) mass is 332 g/mol. The summed E-state index contributed by atoms with van der Waals surface area (Å²) in [6, 6.07) is 3.36. The quantitative estimate of drug-likeness (QED) is 0.790. The van der Waals surface area contributed by atoms with Crippen LogP contribution in [-0.2, 0) is 7.05 Å². The van der Waals surface area contributed by atoms with Crippen molar-refractivity contribution in [3.05, 3.63) is 24.0 Å². The average Bonchev–Trinajstić information content (AvgIpc) is 3.06. The molecule has 1 aliphatic heterocycles. The molecule has 1 saturated heterocycles. The number of rotatable bonds is 4. The summed E-state index contributed by atoms with van der Waals surface area (Å²) in [6.45, 7) is 2.46. The standard InChI is InChI=1S/C15H20N6O3/c1-19-11(4-5-16-19)14(22)20-6-8-21(9-7-20)15-17-12(23-2)10-13(18-15)24-3/h4-5,10H,6-9H2,1-3H3. The first-order valence-corrected chi connectivity index (χ1v) is 7.61. The maximum Gasteiger partial charge on any atom is 0.272 e. The fourth-order valence-electron chi connectivity index (χ4n) is 2.60. The molecule has 9 nitrogen and oxygen atoms in total. The first kappa shape index (κ1) is 16.0. The molecule has 0 saturated carbocycles. The van der Waals surface area contributed by atoms with Crippen molar-refractivity contribution >= 4 is 11.9 Å². The number of carbonyl (C=O) groups is 1. The molecule has 1 fully saturated rings. The first-order chi connectivity index (χ1) is 11.6. The van der Waals surface area contributed by atoms with Crippen molar-refractivity contribution in [3.63, 3.8) is 0 Å². The number of hydrogen-bond acceptors (Lipinski definition) is 7. The fraction of sp³-hybridized carbons (Fsp3) is 0.467. The summed E-state index contributed by atoms with van der Waals surface area (Å²) in [4.78, 5) is 25.0. The maximum absolute atomic E-state index is 12.5.